The van der Waals surface area contributed by atoms with Crippen LogP contribution in [0, 0.1) is 6.92 Å². The average Bonchev–Trinajstić information content (AvgIpc) is 3.16. The molecule has 2 heterocycles. The van der Waals surface area contributed by atoms with E-state index in [2.05, 4.69) is 81.6 Å². The predicted octanol–water partition coefficient (Wildman–Crippen LogP) is 2.95. The van der Waals surface area contributed by atoms with Gasteiger partial charge in [0.25, 0.3) is 0 Å². The predicted molar refractivity (Wildman–Crippen MR) is 121 cm³/mol. The van der Waals surface area contributed by atoms with Gasteiger partial charge in [0, 0.05) is 51.5 Å². The van der Waals surface area contributed by atoms with Gasteiger partial charge in [-0.05, 0) is 37.8 Å². The topological polar surface area (TPSA) is 59.6 Å². The number of piperazine rings is 1. The Kier molecular flexibility index (Phi) is 8.31. The van der Waals surface area contributed by atoms with Crippen molar-refractivity contribution in [2.45, 2.75) is 26.7 Å². The van der Waals surface area contributed by atoms with Crippen LogP contribution < -0.4 is 5.32 Å². The number of aromatic nitrogens is 2. The van der Waals surface area contributed by atoms with Crippen LogP contribution in [0.1, 0.15) is 30.2 Å². The molecule has 1 aliphatic rings. The molecule has 2 N–H and O–H groups in total. The zero-order valence-electron chi connectivity index (χ0n) is 17.8. The molecule has 1 aliphatic heterocycles. The smallest absolute Gasteiger partial charge is 0.194 e. The Hall–Kier alpha value is -2.60. The summed E-state index contributed by atoms with van der Waals surface area (Å²) in [6.07, 6.45) is 8.46. The highest BCUT2D eigenvalue weighted by atomic mass is 15.3. The highest BCUT2D eigenvalue weighted by Gasteiger charge is 2.18. The van der Waals surface area contributed by atoms with E-state index in [-0.39, 0.29) is 0 Å². The molecule has 2 aromatic rings. The van der Waals surface area contributed by atoms with Crippen molar-refractivity contribution in [3.63, 3.8) is 0 Å². The van der Waals surface area contributed by atoms with Crippen molar-refractivity contribution >= 4 is 12.0 Å². The molecule has 0 radical (unpaired) electrons. The summed E-state index contributed by atoms with van der Waals surface area (Å²) in [5.74, 6) is 1.05. The van der Waals surface area contributed by atoms with Crippen molar-refractivity contribution in [1.29, 1.82) is 0 Å². The van der Waals surface area contributed by atoms with Gasteiger partial charge >= 0.3 is 0 Å². The van der Waals surface area contributed by atoms with Crippen LogP contribution in [-0.4, -0.2) is 71.8 Å². The molecule has 6 heteroatoms. The number of guanidine groups is 1. The number of aliphatic imine (C=N–C) groups is 1. The maximum Gasteiger partial charge on any atom is 0.194 e. The van der Waals surface area contributed by atoms with Crippen LogP contribution in [-0.2, 0) is 6.42 Å². The molecule has 29 heavy (non-hydrogen) atoms. The Morgan fingerprint density at radius 2 is 2.00 bits per heavy atom. The average molecular weight is 395 g/mol. The van der Waals surface area contributed by atoms with E-state index in [1.54, 1.807) is 0 Å². The molecule has 0 unspecified atom stereocenters. The molecule has 1 aromatic carbocycles. The third-order valence-electron chi connectivity index (χ3n) is 5.28. The molecule has 1 saturated heterocycles. The standard InChI is InChI=1S/C23H34N6/c1-3-24-23(25-13-7-12-22-19-26-27-20(22)2)29-17-15-28(16-18-29)14-8-11-21-9-5-4-6-10-21/h4-6,8-11,19H,3,7,12-18H2,1-2H3,(H,24,25)(H,26,27)/b11-8+. The van der Waals surface area contributed by atoms with Crippen molar-refractivity contribution in [3.8, 4) is 0 Å². The van der Waals surface area contributed by atoms with Crippen LogP contribution >= 0.6 is 0 Å². The number of benzene rings is 1. The van der Waals surface area contributed by atoms with Gasteiger partial charge in [-0.15, -0.1) is 0 Å². The number of H-pyrrole nitrogens is 1. The zero-order valence-corrected chi connectivity index (χ0v) is 17.8. The van der Waals surface area contributed by atoms with Gasteiger partial charge in [0.1, 0.15) is 0 Å². The first-order valence-electron chi connectivity index (χ1n) is 10.7. The SMILES string of the molecule is CCNC(=NCCCc1cn[nH]c1C)N1CCN(C/C=C/c2ccccc2)CC1. The second-order valence-electron chi connectivity index (χ2n) is 7.46. The summed E-state index contributed by atoms with van der Waals surface area (Å²) in [6.45, 7) is 11.1. The summed E-state index contributed by atoms with van der Waals surface area (Å²) >= 11 is 0. The normalized spacial score (nSPS) is 15.9. The maximum absolute atomic E-state index is 4.86. The summed E-state index contributed by atoms with van der Waals surface area (Å²) in [4.78, 5) is 9.76. The van der Waals surface area contributed by atoms with Crippen molar-refractivity contribution < 1.29 is 0 Å². The van der Waals surface area contributed by atoms with Gasteiger partial charge in [-0.1, -0.05) is 42.5 Å². The molecule has 3 rings (SSSR count). The zero-order chi connectivity index (χ0) is 20.3. The molecule has 0 spiro atoms. The van der Waals surface area contributed by atoms with E-state index in [0.29, 0.717) is 0 Å². The maximum atomic E-state index is 4.86. The van der Waals surface area contributed by atoms with Crippen LogP contribution in [0.3, 0.4) is 0 Å². The molecule has 156 valence electrons. The van der Waals surface area contributed by atoms with Gasteiger partial charge in [0.15, 0.2) is 5.96 Å². The number of aryl methyl sites for hydroxylation is 2. The minimum atomic E-state index is 0.840. The Labute approximate surface area is 174 Å². The number of nitrogens with zero attached hydrogens (tertiary/aromatic N) is 4. The van der Waals surface area contributed by atoms with Gasteiger partial charge < -0.3 is 10.2 Å². The number of rotatable bonds is 8. The molecule has 0 amide bonds. The highest BCUT2D eigenvalue weighted by Crippen LogP contribution is 2.07. The first-order chi connectivity index (χ1) is 14.3. The summed E-state index contributed by atoms with van der Waals surface area (Å²) in [6, 6.07) is 10.5. The fourth-order valence-corrected chi connectivity index (χ4v) is 3.55. The lowest BCUT2D eigenvalue weighted by Gasteiger charge is -2.36. The van der Waals surface area contributed by atoms with E-state index in [9.17, 15) is 0 Å². The summed E-state index contributed by atoms with van der Waals surface area (Å²) < 4.78 is 0. The Bertz CT molecular complexity index is 772. The minimum Gasteiger partial charge on any atom is -0.357 e. The van der Waals surface area contributed by atoms with Gasteiger partial charge in [-0.3, -0.25) is 15.0 Å². The third-order valence-corrected chi connectivity index (χ3v) is 5.28. The molecular formula is C23H34N6. The van der Waals surface area contributed by atoms with Crippen LogP contribution in [0.2, 0.25) is 0 Å². The van der Waals surface area contributed by atoms with Gasteiger partial charge in [0.05, 0.1) is 6.20 Å². The first-order valence-corrected chi connectivity index (χ1v) is 10.7. The molecule has 0 bridgehead atoms. The second kappa shape index (κ2) is 11.4. The van der Waals surface area contributed by atoms with Crippen LogP contribution in [0.4, 0.5) is 0 Å². The number of aromatic amines is 1. The van der Waals surface area contributed by atoms with Crippen LogP contribution in [0.15, 0.2) is 47.6 Å². The van der Waals surface area contributed by atoms with Crippen LogP contribution in [0.5, 0.6) is 0 Å². The summed E-state index contributed by atoms with van der Waals surface area (Å²) in [5, 5.41) is 10.6. The van der Waals surface area contributed by atoms with Gasteiger partial charge in [-0.25, -0.2) is 0 Å². The van der Waals surface area contributed by atoms with E-state index < -0.39 is 0 Å². The van der Waals surface area contributed by atoms with Crippen molar-refractivity contribution in [3.05, 3.63) is 59.4 Å². The van der Waals surface area contributed by atoms with Crippen molar-refractivity contribution in [2.24, 2.45) is 4.99 Å². The molecule has 0 saturated carbocycles. The molecule has 0 atom stereocenters. The first kappa shape index (κ1) is 21.1. The molecule has 1 aromatic heterocycles. The van der Waals surface area contributed by atoms with Crippen LogP contribution in [0.25, 0.3) is 6.08 Å². The lowest BCUT2D eigenvalue weighted by atomic mass is 10.1. The fourth-order valence-electron chi connectivity index (χ4n) is 3.55. The molecule has 0 aliphatic carbocycles. The quantitative estimate of drug-likeness (QED) is 0.411. The van der Waals surface area contributed by atoms with Gasteiger partial charge in [-0.2, -0.15) is 5.10 Å². The number of hydrogen-bond donors (Lipinski definition) is 2. The monoisotopic (exact) mass is 394 g/mol. The summed E-state index contributed by atoms with van der Waals surface area (Å²) in [7, 11) is 0. The van der Waals surface area contributed by atoms with Crippen molar-refractivity contribution in [1.82, 2.24) is 25.3 Å². The molecule has 1 fully saturated rings. The number of nitrogens with one attached hydrogen (secondary N) is 2. The second-order valence-corrected chi connectivity index (χ2v) is 7.46. The Morgan fingerprint density at radius 3 is 2.69 bits per heavy atom. The van der Waals surface area contributed by atoms with Gasteiger partial charge in [0.2, 0.25) is 0 Å². The number of hydrogen-bond acceptors (Lipinski definition) is 3. The fraction of sp³-hybridized carbons (Fsp3) is 0.478. The Balaban J connectivity index is 1.42. The van der Waals surface area contributed by atoms with E-state index >= 15 is 0 Å². The largest absolute Gasteiger partial charge is 0.357 e. The van der Waals surface area contributed by atoms with E-state index in [1.807, 2.05) is 6.20 Å². The lowest BCUT2D eigenvalue weighted by Crippen LogP contribution is -2.52. The molecular weight excluding hydrogens is 360 g/mol. The third kappa shape index (κ3) is 6.75. The molecule has 6 nitrogen and oxygen atoms in total. The summed E-state index contributed by atoms with van der Waals surface area (Å²) in [5.41, 5.74) is 3.72. The highest BCUT2D eigenvalue weighted by molar-refractivity contribution is 5.80. The van der Waals surface area contributed by atoms with E-state index in [0.717, 1.165) is 64.6 Å². The van der Waals surface area contributed by atoms with Crippen molar-refractivity contribution in [2.75, 3.05) is 45.8 Å². The minimum absolute atomic E-state index is 0.840. The lowest BCUT2D eigenvalue weighted by molar-refractivity contribution is 0.194. The van der Waals surface area contributed by atoms with E-state index in [4.69, 9.17) is 4.99 Å². The Morgan fingerprint density at radius 1 is 1.21 bits per heavy atom. The van der Waals surface area contributed by atoms with E-state index in [1.165, 1.54) is 16.8 Å².